The second kappa shape index (κ2) is 2.57. The maximum atomic E-state index is 5.81. The molecule has 0 aromatic heterocycles. The fraction of sp³-hybridized carbons (Fsp3) is 0.800. The summed E-state index contributed by atoms with van der Waals surface area (Å²) in [6.07, 6.45) is 6.65. The van der Waals surface area contributed by atoms with Crippen LogP contribution in [0.1, 0.15) is 25.7 Å². The van der Waals surface area contributed by atoms with Crippen molar-refractivity contribution in [3.8, 4) is 0 Å². The van der Waals surface area contributed by atoms with Crippen LogP contribution >= 0.6 is 0 Å². The lowest BCUT2D eigenvalue weighted by molar-refractivity contribution is -0.154. The molecule has 68 valence electrons. The van der Waals surface area contributed by atoms with Crippen molar-refractivity contribution >= 4 is 0 Å². The van der Waals surface area contributed by atoms with Gasteiger partial charge in [-0.25, -0.2) is 0 Å². The van der Waals surface area contributed by atoms with Crippen molar-refractivity contribution in [1.82, 2.24) is 0 Å². The summed E-state index contributed by atoms with van der Waals surface area (Å²) in [5, 5.41) is 0. The molecule has 3 rings (SSSR count). The topological polar surface area (TPSA) is 35.2 Å². The Labute approximate surface area is 73.8 Å². The Bertz CT molecular complexity index is 175. The lowest BCUT2D eigenvalue weighted by Gasteiger charge is -2.51. The SMILES string of the molecule is C=CC12CCC(CN)(CC1)CO2. The van der Waals surface area contributed by atoms with Crippen LogP contribution in [0.3, 0.4) is 0 Å². The summed E-state index contributed by atoms with van der Waals surface area (Å²) in [5.74, 6) is 0. The van der Waals surface area contributed by atoms with Crippen molar-refractivity contribution in [2.75, 3.05) is 13.2 Å². The number of hydrogen-bond acceptors (Lipinski definition) is 2. The Hall–Kier alpha value is -0.340. The number of ether oxygens (including phenoxy) is 1. The standard InChI is InChI=1S/C10H17NO/c1-2-10-5-3-9(7-11,4-6-10)8-12-10/h2H,1,3-8,11H2. The molecule has 0 amide bonds. The maximum Gasteiger partial charge on any atom is 0.0860 e. The van der Waals surface area contributed by atoms with E-state index in [0.29, 0.717) is 5.41 Å². The summed E-state index contributed by atoms with van der Waals surface area (Å²) in [7, 11) is 0. The van der Waals surface area contributed by atoms with Gasteiger partial charge in [0, 0.05) is 12.0 Å². The molecule has 0 aromatic carbocycles. The van der Waals surface area contributed by atoms with Gasteiger partial charge in [0.2, 0.25) is 0 Å². The summed E-state index contributed by atoms with van der Waals surface area (Å²) < 4.78 is 5.81. The molecular formula is C10H17NO. The summed E-state index contributed by atoms with van der Waals surface area (Å²) in [6.45, 7) is 5.47. The van der Waals surface area contributed by atoms with Gasteiger partial charge in [0.05, 0.1) is 12.2 Å². The lowest BCUT2D eigenvalue weighted by atomic mass is 9.66. The zero-order valence-electron chi connectivity index (χ0n) is 7.51. The highest BCUT2D eigenvalue weighted by Gasteiger charge is 2.47. The number of fused-ring (bicyclic) bond motifs is 3. The number of nitrogens with two attached hydrogens (primary N) is 1. The first-order chi connectivity index (χ1) is 5.74. The van der Waals surface area contributed by atoms with E-state index in [1.807, 2.05) is 6.08 Å². The van der Waals surface area contributed by atoms with Crippen LogP contribution in [0.15, 0.2) is 12.7 Å². The number of rotatable bonds is 2. The molecule has 12 heavy (non-hydrogen) atoms. The van der Waals surface area contributed by atoms with Crippen LogP contribution in [0.5, 0.6) is 0 Å². The lowest BCUT2D eigenvalue weighted by Crippen LogP contribution is -2.52. The Kier molecular flexibility index (Phi) is 1.77. The van der Waals surface area contributed by atoms with Gasteiger partial charge in [-0.1, -0.05) is 6.08 Å². The van der Waals surface area contributed by atoms with Crippen LogP contribution in [0.4, 0.5) is 0 Å². The quantitative estimate of drug-likeness (QED) is 0.632. The van der Waals surface area contributed by atoms with Crippen molar-refractivity contribution in [2.45, 2.75) is 31.3 Å². The van der Waals surface area contributed by atoms with E-state index in [4.69, 9.17) is 10.5 Å². The molecule has 3 aliphatic rings. The fourth-order valence-electron chi connectivity index (χ4n) is 2.32. The molecule has 0 unspecified atom stereocenters. The van der Waals surface area contributed by atoms with E-state index in [-0.39, 0.29) is 5.60 Å². The fourth-order valence-corrected chi connectivity index (χ4v) is 2.32. The molecule has 1 saturated carbocycles. The Morgan fingerprint density at radius 1 is 1.33 bits per heavy atom. The molecule has 0 radical (unpaired) electrons. The molecular weight excluding hydrogens is 150 g/mol. The second-order valence-electron chi connectivity index (χ2n) is 4.26. The van der Waals surface area contributed by atoms with E-state index < -0.39 is 0 Å². The van der Waals surface area contributed by atoms with Crippen LogP contribution < -0.4 is 5.73 Å². The van der Waals surface area contributed by atoms with Gasteiger partial charge in [0.1, 0.15) is 0 Å². The van der Waals surface area contributed by atoms with Crippen LogP contribution in [0.25, 0.3) is 0 Å². The predicted molar refractivity (Wildman–Crippen MR) is 48.8 cm³/mol. The molecule has 2 heteroatoms. The molecule has 2 saturated heterocycles. The van der Waals surface area contributed by atoms with Crippen molar-refractivity contribution in [2.24, 2.45) is 11.1 Å². The van der Waals surface area contributed by atoms with E-state index in [1.54, 1.807) is 0 Å². The zero-order valence-corrected chi connectivity index (χ0v) is 7.51. The normalized spacial score (nSPS) is 46.1. The molecule has 2 nitrogen and oxygen atoms in total. The van der Waals surface area contributed by atoms with Crippen LogP contribution in [0, 0.1) is 5.41 Å². The highest BCUT2D eigenvalue weighted by molar-refractivity contribution is 5.07. The monoisotopic (exact) mass is 167 g/mol. The van der Waals surface area contributed by atoms with Crippen molar-refractivity contribution in [3.05, 3.63) is 12.7 Å². The van der Waals surface area contributed by atoms with Gasteiger partial charge in [-0.05, 0) is 25.7 Å². The first kappa shape index (κ1) is 8.27. The smallest absolute Gasteiger partial charge is 0.0860 e. The molecule has 2 bridgehead atoms. The van der Waals surface area contributed by atoms with Gasteiger partial charge < -0.3 is 10.5 Å². The third kappa shape index (κ3) is 1.02. The first-order valence-corrected chi connectivity index (χ1v) is 4.72. The van der Waals surface area contributed by atoms with E-state index in [9.17, 15) is 0 Å². The van der Waals surface area contributed by atoms with E-state index in [0.717, 1.165) is 26.0 Å². The van der Waals surface area contributed by atoms with E-state index in [1.165, 1.54) is 12.8 Å². The second-order valence-corrected chi connectivity index (χ2v) is 4.26. The van der Waals surface area contributed by atoms with Gasteiger partial charge in [0.15, 0.2) is 0 Å². The van der Waals surface area contributed by atoms with Gasteiger partial charge in [0.25, 0.3) is 0 Å². The van der Waals surface area contributed by atoms with Gasteiger partial charge in [-0.15, -0.1) is 6.58 Å². The molecule has 0 atom stereocenters. The zero-order chi connectivity index (χ0) is 8.66. The van der Waals surface area contributed by atoms with Crippen LogP contribution in [-0.2, 0) is 4.74 Å². The molecule has 1 aliphatic carbocycles. The van der Waals surface area contributed by atoms with Crippen molar-refractivity contribution in [1.29, 1.82) is 0 Å². The minimum atomic E-state index is 0.0108. The summed E-state index contributed by atoms with van der Waals surface area (Å²) >= 11 is 0. The highest BCUT2D eigenvalue weighted by atomic mass is 16.5. The third-order valence-electron chi connectivity index (χ3n) is 3.63. The Morgan fingerprint density at radius 3 is 2.33 bits per heavy atom. The van der Waals surface area contributed by atoms with Crippen molar-refractivity contribution < 1.29 is 4.74 Å². The third-order valence-corrected chi connectivity index (χ3v) is 3.63. The summed E-state index contributed by atoms with van der Waals surface area (Å²) in [4.78, 5) is 0. The first-order valence-electron chi connectivity index (χ1n) is 4.72. The maximum absolute atomic E-state index is 5.81. The largest absolute Gasteiger partial charge is 0.370 e. The van der Waals surface area contributed by atoms with E-state index >= 15 is 0 Å². The minimum Gasteiger partial charge on any atom is -0.370 e. The molecule has 0 spiro atoms. The molecule has 0 aromatic rings. The Morgan fingerprint density at radius 2 is 2.00 bits per heavy atom. The predicted octanol–water partition coefficient (Wildman–Crippen LogP) is 1.46. The minimum absolute atomic E-state index is 0.0108. The van der Waals surface area contributed by atoms with Gasteiger partial charge in [-0.3, -0.25) is 0 Å². The average molecular weight is 167 g/mol. The van der Waals surface area contributed by atoms with Gasteiger partial charge >= 0.3 is 0 Å². The van der Waals surface area contributed by atoms with Crippen molar-refractivity contribution in [3.63, 3.8) is 0 Å². The summed E-state index contributed by atoms with van der Waals surface area (Å²) in [6, 6.07) is 0. The average Bonchev–Trinajstić information content (AvgIpc) is 2.21. The highest BCUT2D eigenvalue weighted by Crippen LogP contribution is 2.48. The van der Waals surface area contributed by atoms with E-state index in [2.05, 4.69) is 6.58 Å². The molecule has 2 aliphatic heterocycles. The molecule has 2 heterocycles. The van der Waals surface area contributed by atoms with Crippen LogP contribution in [0.2, 0.25) is 0 Å². The number of hydrogen-bond donors (Lipinski definition) is 1. The van der Waals surface area contributed by atoms with Gasteiger partial charge in [-0.2, -0.15) is 0 Å². The molecule has 2 N–H and O–H groups in total. The molecule has 3 fully saturated rings. The van der Waals surface area contributed by atoms with Crippen LogP contribution in [-0.4, -0.2) is 18.8 Å². The summed E-state index contributed by atoms with van der Waals surface area (Å²) in [5.41, 5.74) is 6.07. The Balaban J connectivity index is 2.14.